The summed E-state index contributed by atoms with van der Waals surface area (Å²) < 4.78 is 37.5. The molecule has 0 bridgehead atoms. The lowest BCUT2D eigenvalue weighted by molar-refractivity contribution is -0.185. The van der Waals surface area contributed by atoms with E-state index in [1.165, 1.54) is 0 Å². The monoisotopic (exact) mass is 265 g/mol. The number of carboxylic acid groups (broad SMARTS) is 1. The molecule has 2 aliphatic rings. The largest absolute Gasteiger partial charge is 0.481 e. The zero-order valence-corrected chi connectivity index (χ0v) is 10.2. The van der Waals surface area contributed by atoms with Gasteiger partial charge >= 0.3 is 12.1 Å². The Labute approximate surface area is 104 Å². The molecule has 0 aromatic rings. The molecular weight excluding hydrogens is 247 g/mol. The summed E-state index contributed by atoms with van der Waals surface area (Å²) in [5.74, 6) is -1.99. The summed E-state index contributed by atoms with van der Waals surface area (Å²) in [6, 6.07) is 0. The maximum Gasteiger partial charge on any atom is 0.391 e. The van der Waals surface area contributed by atoms with Crippen molar-refractivity contribution in [3.8, 4) is 0 Å². The van der Waals surface area contributed by atoms with Gasteiger partial charge in [0.2, 0.25) is 0 Å². The summed E-state index contributed by atoms with van der Waals surface area (Å²) in [6.07, 6.45) is -1.87. The lowest BCUT2D eigenvalue weighted by Crippen LogP contribution is -2.41. The number of carbonyl (C=O) groups is 1. The maximum atomic E-state index is 12.5. The van der Waals surface area contributed by atoms with E-state index in [1.54, 1.807) is 0 Å². The molecule has 0 spiro atoms. The quantitative estimate of drug-likeness (QED) is 0.849. The van der Waals surface area contributed by atoms with E-state index >= 15 is 0 Å². The number of hydrogen-bond donors (Lipinski definition) is 1. The molecule has 0 aromatic carbocycles. The van der Waals surface area contributed by atoms with Crippen molar-refractivity contribution in [3.63, 3.8) is 0 Å². The molecule has 1 N–H and O–H groups in total. The first-order valence-corrected chi connectivity index (χ1v) is 6.32. The van der Waals surface area contributed by atoms with E-state index in [1.807, 2.05) is 4.90 Å². The first-order chi connectivity index (χ1) is 8.31. The van der Waals surface area contributed by atoms with Crippen LogP contribution in [0.25, 0.3) is 0 Å². The number of hydrogen-bond acceptors (Lipinski definition) is 2. The second-order valence-electron chi connectivity index (χ2n) is 5.66. The Morgan fingerprint density at radius 1 is 1.28 bits per heavy atom. The Balaban J connectivity index is 1.79. The minimum atomic E-state index is -4.08. The Morgan fingerprint density at radius 3 is 2.22 bits per heavy atom. The number of carboxylic acids is 1. The van der Waals surface area contributed by atoms with Crippen LogP contribution >= 0.6 is 0 Å². The minimum Gasteiger partial charge on any atom is -0.481 e. The molecule has 2 rings (SSSR count). The van der Waals surface area contributed by atoms with E-state index in [4.69, 9.17) is 5.11 Å². The minimum absolute atomic E-state index is 0.145. The van der Waals surface area contributed by atoms with Crippen molar-refractivity contribution in [3.05, 3.63) is 0 Å². The van der Waals surface area contributed by atoms with Crippen LogP contribution < -0.4 is 0 Å². The number of nitrogens with zero attached hydrogens (tertiary/aromatic N) is 1. The van der Waals surface area contributed by atoms with E-state index < -0.39 is 18.1 Å². The number of rotatable bonds is 4. The van der Waals surface area contributed by atoms with Gasteiger partial charge in [0.1, 0.15) is 0 Å². The Kier molecular flexibility index (Phi) is 3.58. The molecule has 1 saturated heterocycles. The van der Waals surface area contributed by atoms with Gasteiger partial charge in [0, 0.05) is 6.54 Å². The van der Waals surface area contributed by atoms with Crippen molar-refractivity contribution >= 4 is 5.97 Å². The molecule has 2 fully saturated rings. The van der Waals surface area contributed by atoms with Crippen molar-refractivity contribution in [2.24, 2.45) is 11.3 Å². The highest BCUT2D eigenvalue weighted by Crippen LogP contribution is 2.50. The van der Waals surface area contributed by atoms with Crippen LogP contribution in [0, 0.1) is 11.3 Å². The van der Waals surface area contributed by atoms with Gasteiger partial charge in [-0.15, -0.1) is 0 Å². The molecule has 0 aromatic heterocycles. The van der Waals surface area contributed by atoms with Crippen molar-refractivity contribution < 1.29 is 23.1 Å². The van der Waals surface area contributed by atoms with E-state index in [9.17, 15) is 18.0 Å². The van der Waals surface area contributed by atoms with Gasteiger partial charge in [-0.2, -0.15) is 13.2 Å². The van der Waals surface area contributed by atoms with E-state index in [2.05, 4.69) is 0 Å². The summed E-state index contributed by atoms with van der Waals surface area (Å²) in [6.45, 7) is 1.51. The molecule has 1 heterocycles. The molecule has 104 valence electrons. The number of alkyl halides is 3. The molecule has 1 saturated carbocycles. The highest BCUT2D eigenvalue weighted by molar-refractivity contribution is 5.68. The first kappa shape index (κ1) is 13.6. The number of aliphatic carboxylic acids is 1. The van der Waals surface area contributed by atoms with Crippen LogP contribution in [0.15, 0.2) is 0 Å². The van der Waals surface area contributed by atoms with Gasteiger partial charge in [-0.25, -0.2) is 0 Å². The molecule has 0 amide bonds. The van der Waals surface area contributed by atoms with Gasteiger partial charge in [0.15, 0.2) is 0 Å². The summed E-state index contributed by atoms with van der Waals surface area (Å²) >= 11 is 0. The molecule has 0 unspecified atom stereocenters. The Morgan fingerprint density at radius 2 is 1.83 bits per heavy atom. The summed E-state index contributed by atoms with van der Waals surface area (Å²) in [5, 5.41) is 8.80. The second-order valence-corrected chi connectivity index (χ2v) is 5.66. The van der Waals surface area contributed by atoms with Crippen LogP contribution in [0.4, 0.5) is 13.2 Å². The predicted molar refractivity (Wildman–Crippen MR) is 59.1 cm³/mol. The zero-order valence-electron chi connectivity index (χ0n) is 10.2. The zero-order chi connectivity index (χ0) is 13.4. The van der Waals surface area contributed by atoms with Gasteiger partial charge in [-0.3, -0.25) is 4.79 Å². The standard InChI is InChI=1S/C12H18F3NO2/c13-12(14,15)9-1-5-16(6-2-9)8-11(3-4-11)7-10(17)18/h9H,1-8H2,(H,17,18). The van der Waals surface area contributed by atoms with Crippen molar-refractivity contribution in [1.82, 2.24) is 4.90 Å². The summed E-state index contributed by atoms with van der Waals surface area (Å²) in [7, 11) is 0. The predicted octanol–water partition coefficient (Wildman–Crippen LogP) is 2.52. The van der Waals surface area contributed by atoms with Crippen LogP contribution in [-0.2, 0) is 4.79 Å². The van der Waals surface area contributed by atoms with Crippen LogP contribution in [0.5, 0.6) is 0 Å². The number of halogens is 3. The summed E-state index contributed by atoms with van der Waals surface area (Å²) in [4.78, 5) is 12.7. The Hall–Kier alpha value is -0.780. The number of likely N-dealkylation sites (tertiary alicyclic amines) is 1. The fourth-order valence-electron chi connectivity index (χ4n) is 2.78. The summed E-state index contributed by atoms with van der Waals surface area (Å²) in [5.41, 5.74) is -0.156. The van der Waals surface area contributed by atoms with Crippen molar-refractivity contribution in [1.29, 1.82) is 0 Å². The molecule has 3 nitrogen and oxygen atoms in total. The number of piperidine rings is 1. The van der Waals surface area contributed by atoms with Gasteiger partial charge in [-0.05, 0) is 44.2 Å². The van der Waals surface area contributed by atoms with E-state index in [0.29, 0.717) is 19.6 Å². The third-order valence-corrected chi connectivity index (χ3v) is 4.09. The second kappa shape index (κ2) is 4.72. The fraction of sp³-hybridized carbons (Fsp3) is 0.917. The molecule has 1 aliphatic heterocycles. The van der Waals surface area contributed by atoms with Crippen LogP contribution in [0.2, 0.25) is 0 Å². The van der Waals surface area contributed by atoms with Crippen molar-refractivity contribution in [2.45, 2.75) is 38.3 Å². The highest BCUT2D eigenvalue weighted by Gasteiger charge is 2.47. The Bertz CT molecular complexity index is 318. The fourth-order valence-corrected chi connectivity index (χ4v) is 2.78. The highest BCUT2D eigenvalue weighted by atomic mass is 19.4. The molecule has 0 atom stereocenters. The normalized spacial score (nSPS) is 25.1. The third kappa shape index (κ3) is 3.37. The van der Waals surface area contributed by atoms with Gasteiger partial charge in [0.25, 0.3) is 0 Å². The van der Waals surface area contributed by atoms with Crippen molar-refractivity contribution in [2.75, 3.05) is 19.6 Å². The lowest BCUT2D eigenvalue weighted by Gasteiger charge is -2.34. The smallest absolute Gasteiger partial charge is 0.391 e. The third-order valence-electron chi connectivity index (χ3n) is 4.09. The molecule has 6 heteroatoms. The van der Waals surface area contributed by atoms with Gasteiger partial charge < -0.3 is 10.0 Å². The lowest BCUT2D eigenvalue weighted by atomic mass is 9.94. The maximum absolute atomic E-state index is 12.5. The molecular formula is C12H18F3NO2. The van der Waals surface area contributed by atoms with E-state index in [-0.39, 0.29) is 24.7 Å². The van der Waals surface area contributed by atoms with Crippen LogP contribution in [0.1, 0.15) is 32.1 Å². The van der Waals surface area contributed by atoms with Gasteiger partial charge in [0.05, 0.1) is 12.3 Å². The first-order valence-electron chi connectivity index (χ1n) is 6.32. The van der Waals surface area contributed by atoms with E-state index in [0.717, 1.165) is 12.8 Å². The topological polar surface area (TPSA) is 40.5 Å². The van der Waals surface area contributed by atoms with Crippen LogP contribution in [0.3, 0.4) is 0 Å². The average Bonchev–Trinajstić information content (AvgIpc) is 2.96. The SMILES string of the molecule is O=C(O)CC1(CN2CCC(C(F)(F)F)CC2)CC1. The van der Waals surface area contributed by atoms with Crippen LogP contribution in [-0.4, -0.2) is 41.8 Å². The average molecular weight is 265 g/mol. The molecule has 0 radical (unpaired) electrons. The molecule has 18 heavy (non-hydrogen) atoms. The molecule has 1 aliphatic carbocycles. The van der Waals surface area contributed by atoms with Gasteiger partial charge in [-0.1, -0.05) is 0 Å².